The minimum atomic E-state index is 0.398. The zero-order valence-corrected chi connectivity index (χ0v) is 11.7. The molecule has 19 heavy (non-hydrogen) atoms. The summed E-state index contributed by atoms with van der Waals surface area (Å²) in [5.41, 5.74) is 2.63. The molecule has 0 aliphatic carbocycles. The van der Waals surface area contributed by atoms with Crippen LogP contribution in [0.2, 0.25) is 5.02 Å². The summed E-state index contributed by atoms with van der Waals surface area (Å²) in [5, 5.41) is 3.13. The van der Waals surface area contributed by atoms with Crippen molar-refractivity contribution >= 4 is 11.6 Å². The lowest BCUT2D eigenvalue weighted by Gasteiger charge is -2.14. The number of nitrogens with two attached hydrogens (primary N) is 1. The van der Waals surface area contributed by atoms with Crippen LogP contribution in [-0.4, -0.2) is 0 Å². The summed E-state index contributed by atoms with van der Waals surface area (Å²) in [6.07, 6.45) is 2.93. The van der Waals surface area contributed by atoms with Crippen LogP contribution in [-0.2, 0) is 6.54 Å². The third-order valence-electron chi connectivity index (χ3n) is 3.20. The molecule has 0 radical (unpaired) electrons. The van der Waals surface area contributed by atoms with Crippen LogP contribution in [0.15, 0.2) is 67.3 Å². The van der Waals surface area contributed by atoms with Gasteiger partial charge in [-0.2, -0.15) is 0 Å². The van der Waals surface area contributed by atoms with E-state index in [4.69, 9.17) is 11.6 Å². The van der Waals surface area contributed by atoms with Gasteiger partial charge < -0.3 is 5.32 Å². The van der Waals surface area contributed by atoms with Gasteiger partial charge in [0.25, 0.3) is 0 Å². The largest absolute Gasteiger partial charge is 0.336 e. The molecule has 0 aromatic heterocycles. The number of rotatable bonds is 6. The molecular weight excluding hydrogens is 254 g/mol. The number of hydrogen-bond donors (Lipinski definition) is 1. The predicted octanol–water partition coefficient (Wildman–Crippen LogP) is 3.72. The topological polar surface area (TPSA) is 16.6 Å². The lowest BCUT2D eigenvalue weighted by Crippen LogP contribution is -2.83. The normalized spacial score (nSPS) is 12.1. The van der Waals surface area contributed by atoms with Crippen LogP contribution in [0.4, 0.5) is 0 Å². The molecule has 2 N–H and O–H groups in total. The highest BCUT2D eigenvalue weighted by Gasteiger charge is 2.12. The fourth-order valence-electron chi connectivity index (χ4n) is 2.15. The Bertz CT molecular complexity index is 505. The average Bonchev–Trinajstić information content (AvgIpc) is 2.46. The number of hydrogen-bond acceptors (Lipinski definition) is 0. The van der Waals surface area contributed by atoms with E-state index < -0.39 is 0 Å². The Morgan fingerprint density at radius 1 is 1.05 bits per heavy atom. The fourth-order valence-corrected chi connectivity index (χ4v) is 2.28. The van der Waals surface area contributed by atoms with E-state index in [1.807, 2.05) is 24.3 Å². The minimum absolute atomic E-state index is 0.398. The van der Waals surface area contributed by atoms with Crippen LogP contribution in [0.1, 0.15) is 23.6 Å². The van der Waals surface area contributed by atoms with Gasteiger partial charge in [0.05, 0.1) is 0 Å². The number of quaternary nitrogens is 1. The third-order valence-corrected chi connectivity index (χ3v) is 3.45. The minimum Gasteiger partial charge on any atom is -0.336 e. The van der Waals surface area contributed by atoms with E-state index >= 15 is 0 Å². The first kappa shape index (κ1) is 13.9. The summed E-state index contributed by atoms with van der Waals surface area (Å²) in [4.78, 5) is 0. The van der Waals surface area contributed by atoms with Gasteiger partial charge in [0.1, 0.15) is 12.6 Å². The van der Waals surface area contributed by atoms with Crippen molar-refractivity contribution in [3.63, 3.8) is 0 Å². The van der Waals surface area contributed by atoms with Gasteiger partial charge in [-0.3, -0.25) is 0 Å². The van der Waals surface area contributed by atoms with Gasteiger partial charge in [-0.05, 0) is 12.1 Å². The molecule has 0 saturated carbocycles. The van der Waals surface area contributed by atoms with E-state index in [1.165, 1.54) is 11.1 Å². The number of benzene rings is 2. The van der Waals surface area contributed by atoms with Gasteiger partial charge in [0, 0.05) is 22.6 Å². The average molecular weight is 273 g/mol. The summed E-state index contributed by atoms with van der Waals surface area (Å²) >= 11 is 5.94. The van der Waals surface area contributed by atoms with Gasteiger partial charge in [-0.1, -0.05) is 60.1 Å². The molecule has 0 unspecified atom stereocenters. The van der Waals surface area contributed by atoms with Crippen molar-refractivity contribution in [1.82, 2.24) is 0 Å². The second-order valence-corrected chi connectivity index (χ2v) is 5.04. The molecule has 1 nitrogen and oxygen atoms in total. The van der Waals surface area contributed by atoms with Crippen molar-refractivity contribution in [2.75, 3.05) is 0 Å². The quantitative estimate of drug-likeness (QED) is 0.772. The maximum Gasteiger partial charge on any atom is 0.115 e. The lowest BCUT2D eigenvalue weighted by atomic mass is 10.0. The molecule has 2 rings (SSSR count). The molecule has 1 atom stereocenters. The van der Waals surface area contributed by atoms with Crippen molar-refractivity contribution in [2.45, 2.75) is 19.0 Å². The highest BCUT2D eigenvalue weighted by molar-refractivity contribution is 6.30. The monoisotopic (exact) mass is 272 g/mol. The Kier molecular flexibility index (Phi) is 5.20. The molecule has 2 aromatic carbocycles. The van der Waals surface area contributed by atoms with Crippen molar-refractivity contribution < 1.29 is 5.32 Å². The molecule has 0 aliphatic rings. The van der Waals surface area contributed by atoms with Crippen molar-refractivity contribution in [1.29, 1.82) is 0 Å². The van der Waals surface area contributed by atoms with Gasteiger partial charge in [-0.25, -0.2) is 0 Å². The number of halogens is 1. The fraction of sp³-hybridized carbons (Fsp3) is 0.176. The second kappa shape index (κ2) is 7.13. The molecule has 2 aromatic rings. The molecule has 0 bridgehead atoms. The van der Waals surface area contributed by atoms with Crippen molar-refractivity contribution in [3.8, 4) is 0 Å². The maximum atomic E-state index is 5.94. The molecule has 0 amide bonds. The van der Waals surface area contributed by atoms with E-state index in [9.17, 15) is 0 Å². The van der Waals surface area contributed by atoms with Gasteiger partial charge in [-0.15, -0.1) is 6.58 Å². The molecule has 2 heteroatoms. The van der Waals surface area contributed by atoms with Crippen LogP contribution in [0, 0.1) is 0 Å². The molecule has 0 saturated heterocycles. The smallest absolute Gasteiger partial charge is 0.115 e. The summed E-state index contributed by atoms with van der Waals surface area (Å²) in [5.74, 6) is 0. The molecule has 0 spiro atoms. The standard InChI is InChI=1S/C17H18ClN/c1-2-6-17(15-9-11-16(18)12-10-15)19-13-14-7-4-3-5-8-14/h2-5,7-12,17,19H,1,6,13H2/p+1/t17-/m1/s1. The Labute approximate surface area is 119 Å². The Morgan fingerprint density at radius 2 is 1.74 bits per heavy atom. The van der Waals surface area contributed by atoms with Gasteiger partial charge >= 0.3 is 0 Å². The Hall–Kier alpha value is -1.57. The first-order valence-electron chi connectivity index (χ1n) is 6.53. The summed E-state index contributed by atoms with van der Waals surface area (Å²) in [6.45, 7) is 4.83. The molecular formula is C17H19ClN+. The first-order valence-corrected chi connectivity index (χ1v) is 6.91. The maximum absolute atomic E-state index is 5.94. The van der Waals surface area contributed by atoms with Crippen LogP contribution in [0.3, 0.4) is 0 Å². The predicted molar refractivity (Wildman–Crippen MR) is 81.1 cm³/mol. The third kappa shape index (κ3) is 4.23. The molecule has 98 valence electrons. The van der Waals surface area contributed by atoms with Crippen molar-refractivity contribution in [3.05, 3.63) is 83.4 Å². The zero-order valence-electron chi connectivity index (χ0n) is 10.9. The molecule has 0 heterocycles. The SMILES string of the molecule is C=CC[C@@H]([NH2+]Cc1ccccc1)c1ccc(Cl)cc1. The first-order chi connectivity index (χ1) is 9.29. The van der Waals surface area contributed by atoms with Crippen molar-refractivity contribution in [2.24, 2.45) is 0 Å². The molecule has 0 aliphatic heterocycles. The molecule has 0 fully saturated rings. The summed E-state index contributed by atoms with van der Waals surface area (Å²) in [6, 6.07) is 19.0. The van der Waals surface area contributed by atoms with E-state index in [-0.39, 0.29) is 0 Å². The van der Waals surface area contributed by atoms with E-state index in [1.54, 1.807) is 0 Å². The second-order valence-electron chi connectivity index (χ2n) is 4.61. The van der Waals surface area contributed by atoms with E-state index in [0.717, 1.165) is 18.0 Å². The Morgan fingerprint density at radius 3 is 2.37 bits per heavy atom. The van der Waals surface area contributed by atoms with Crippen LogP contribution >= 0.6 is 11.6 Å². The van der Waals surface area contributed by atoms with Crippen LogP contribution in [0.25, 0.3) is 0 Å². The van der Waals surface area contributed by atoms with Crippen LogP contribution < -0.4 is 5.32 Å². The summed E-state index contributed by atoms with van der Waals surface area (Å²) in [7, 11) is 0. The van der Waals surface area contributed by atoms with Gasteiger partial charge in [0.15, 0.2) is 0 Å². The Balaban J connectivity index is 2.04. The van der Waals surface area contributed by atoms with E-state index in [0.29, 0.717) is 6.04 Å². The lowest BCUT2D eigenvalue weighted by molar-refractivity contribution is -0.710. The van der Waals surface area contributed by atoms with Gasteiger partial charge in [0.2, 0.25) is 0 Å². The van der Waals surface area contributed by atoms with Crippen LogP contribution in [0.5, 0.6) is 0 Å². The highest BCUT2D eigenvalue weighted by atomic mass is 35.5. The highest BCUT2D eigenvalue weighted by Crippen LogP contribution is 2.16. The summed E-state index contributed by atoms with van der Waals surface area (Å²) < 4.78 is 0. The zero-order chi connectivity index (χ0) is 13.5. The van der Waals surface area contributed by atoms with E-state index in [2.05, 4.69) is 48.3 Å².